The predicted molar refractivity (Wildman–Crippen MR) is 74.4 cm³/mol. The van der Waals surface area contributed by atoms with Crippen molar-refractivity contribution in [1.82, 2.24) is 5.32 Å². The van der Waals surface area contributed by atoms with E-state index in [9.17, 15) is 14.7 Å². The molecule has 0 heterocycles. The van der Waals surface area contributed by atoms with Crippen LogP contribution in [0.15, 0.2) is 0 Å². The van der Waals surface area contributed by atoms with Gasteiger partial charge in [0.25, 0.3) is 0 Å². The van der Waals surface area contributed by atoms with Gasteiger partial charge in [0, 0.05) is 6.54 Å². The molecule has 2 rings (SSSR count). The van der Waals surface area contributed by atoms with E-state index in [-0.39, 0.29) is 12.0 Å². The van der Waals surface area contributed by atoms with Crippen LogP contribution in [0.1, 0.15) is 59.3 Å². The van der Waals surface area contributed by atoms with Crippen LogP contribution in [0, 0.1) is 10.8 Å². The SMILES string of the molecule is CC(C)(C)OC(=O)NCC1(C(=O)O)CC2(CCCC2)C1. The summed E-state index contributed by atoms with van der Waals surface area (Å²) in [5, 5.41) is 12.1. The van der Waals surface area contributed by atoms with E-state index in [4.69, 9.17) is 4.74 Å². The third kappa shape index (κ3) is 3.07. The van der Waals surface area contributed by atoms with Crippen LogP contribution in [0.25, 0.3) is 0 Å². The molecule has 0 aromatic heterocycles. The van der Waals surface area contributed by atoms with E-state index < -0.39 is 23.1 Å². The van der Waals surface area contributed by atoms with E-state index >= 15 is 0 Å². The Hall–Kier alpha value is -1.26. The number of alkyl carbamates (subject to hydrolysis) is 1. The fourth-order valence-corrected chi connectivity index (χ4v) is 3.77. The maximum atomic E-state index is 11.7. The first-order valence-electron chi connectivity index (χ1n) is 7.37. The molecule has 2 fully saturated rings. The van der Waals surface area contributed by atoms with Gasteiger partial charge in [-0.3, -0.25) is 4.79 Å². The summed E-state index contributed by atoms with van der Waals surface area (Å²) in [6.45, 7) is 5.53. The first kappa shape index (κ1) is 15.1. The molecule has 0 aromatic carbocycles. The lowest BCUT2D eigenvalue weighted by Crippen LogP contribution is -2.56. The maximum absolute atomic E-state index is 11.7. The second-order valence-corrected chi connectivity index (χ2v) is 7.50. The zero-order chi connectivity index (χ0) is 15.0. The fraction of sp³-hybridized carbons (Fsp3) is 0.867. The van der Waals surface area contributed by atoms with E-state index in [1.807, 2.05) is 0 Å². The number of carboxylic acid groups (broad SMARTS) is 1. The number of carbonyl (C=O) groups is 2. The number of nitrogens with one attached hydrogen (secondary N) is 1. The minimum Gasteiger partial charge on any atom is -0.481 e. The largest absolute Gasteiger partial charge is 0.481 e. The van der Waals surface area contributed by atoms with Gasteiger partial charge >= 0.3 is 12.1 Å². The summed E-state index contributed by atoms with van der Waals surface area (Å²) in [6.07, 6.45) is 5.51. The molecular weight excluding hydrogens is 258 g/mol. The summed E-state index contributed by atoms with van der Waals surface area (Å²) < 4.78 is 5.16. The molecule has 0 aromatic rings. The van der Waals surface area contributed by atoms with Gasteiger partial charge in [-0.2, -0.15) is 0 Å². The van der Waals surface area contributed by atoms with Crippen LogP contribution >= 0.6 is 0 Å². The Labute approximate surface area is 120 Å². The van der Waals surface area contributed by atoms with E-state index in [0.717, 1.165) is 12.8 Å². The van der Waals surface area contributed by atoms with Crippen molar-refractivity contribution in [2.45, 2.75) is 64.9 Å². The minimum atomic E-state index is -0.800. The highest BCUT2D eigenvalue weighted by molar-refractivity contribution is 5.78. The van der Waals surface area contributed by atoms with Crippen molar-refractivity contribution >= 4 is 12.1 Å². The van der Waals surface area contributed by atoms with Crippen LogP contribution in [-0.4, -0.2) is 29.3 Å². The highest BCUT2D eigenvalue weighted by Gasteiger charge is 2.59. The van der Waals surface area contributed by atoms with Gasteiger partial charge < -0.3 is 15.2 Å². The smallest absolute Gasteiger partial charge is 0.407 e. The second kappa shape index (κ2) is 4.93. The number of hydrogen-bond acceptors (Lipinski definition) is 3. The number of carbonyl (C=O) groups excluding carboxylic acids is 1. The molecule has 20 heavy (non-hydrogen) atoms. The monoisotopic (exact) mass is 283 g/mol. The molecule has 2 N–H and O–H groups in total. The van der Waals surface area contributed by atoms with Crippen LogP contribution in [0.3, 0.4) is 0 Å². The molecule has 0 radical (unpaired) electrons. The highest BCUT2D eigenvalue weighted by Crippen LogP contribution is 2.62. The molecule has 0 saturated heterocycles. The van der Waals surface area contributed by atoms with E-state index in [2.05, 4.69) is 5.32 Å². The lowest BCUT2D eigenvalue weighted by molar-refractivity contribution is -0.165. The highest BCUT2D eigenvalue weighted by atomic mass is 16.6. The summed E-state index contributed by atoms with van der Waals surface area (Å²) in [5.41, 5.74) is -1.12. The van der Waals surface area contributed by atoms with Gasteiger partial charge in [-0.05, 0) is 51.9 Å². The number of aliphatic carboxylic acids is 1. The number of rotatable bonds is 3. The maximum Gasteiger partial charge on any atom is 0.407 e. The normalized spacial score (nSPS) is 23.1. The molecule has 2 aliphatic carbocycles. The summed E-state index contributed by atoms with van der Waals surface area (Å²) in [7, 11) is 0. The Balaban J connectivity index is 1.89. The summed E-state index contributed by atoms with van der Waals surface area (Å²) >= 11 is 0. The van der Waals surface area contributed by atoms with E-state index in [1.165, 1.54) is 12.8 Å². The predicted octanol–water partition coefficient (Wildman–Crippen LogP) is 2.94. The quantitative estimate of drug-likeness (QED) is 0.835. The Morgan fingerprint density at radius 1 is 1.20 bits per heavy atom. The van der Waals surface area contributed by atoms with Crippen LogP contribution < -0.4 is 5.32 Å². The number of amides is 1. The molecule has 2 saturated carbocycles. The topological polar surface area (TPSA) is 75.6 Å². The fourth-order valence-electron chi connectivity index (χ4n) is 3.77. The van der Waals surface area contributed by atoms with Crippen molar-refractivity contribution in [3.8, 4) is 0 Å². The van der Waals surface area contributed by atoms with Gasteiger partial charge in [0.15, 0.2) is 0 Å². The standard InChI is InChI=1S/C15H25NO4/c1-13(2,3)20-12(19)16-10-15(11(17)18)8-14(9-15)6-4-5-7-14/h4-10H2,1-3H3,(H,16,19)(H,17,18). The van der Waals surface area contributed by atoms with Gasteiger partial charge in [-0.15, -0.1) is 0 Å². The van der Waals surface area contributed by atoms with Crippen molar-refractivity contribution in [1.29, 1.82) is 0 Å². The van der Waals surface area contributed by atoms with Crippen LogP contribution in [-0.2, 0) is 9.53 Å². The molecular formula is C15H25NO4. The molecule has 0 aliphatic heterocycles. The zero-order valence-electron chi connectivity index (χ0n) is 12.6. The molecule has 2 aliphatic rings. The molecule has 1 amide bonds. The van der Waals surface area contributed by atoms with Gasteiger partial charge in [-0.25, -0.2) is 4.79 Å². The molecule has 5 nitrogen and oxygen atoms in total. The molecule has 0 unspecified atom stereocenters. The van der Waals surface area contributed by atoms with Gasteiger partial charge in [0.05, 0.1) is 5.41 Å². The van der Waals surface area contributed by atoms with E-state index in [0.29, 0.717) is 12.8 Å². The third-order valence-electron chi connectivity index (χ3n) is 4.51. The van der Waals surface area contributed by atoms with Crippen LogP contribution in [0.4, 0.5) is 4.79 Å². The zero-order valence-corrected chi connectivity index (χ0v) is 12.6. The first-order chi connectivity index (χ1) is 9.17. The van der Waals surface area contributed by atoms with Crippen molar-refractivity contribution < 1.29 is 19.4 Å². The number of carboxylic acids is 1. The van der Waals surface area contributed by atoms with Crippen molar-refractivity contribution in [2.24, 2.45) is 10.8 Å². The van der Waals surface area contributed by atoms with E-state index in [1.54, 1.807) is 20.8 Å². The van der Waals surface area contributed by atoms with Crippen molar-refractivity contribution in [3.63, 3.8) is 0 Å². The average molecular weight is 283 g/mol. The van der Waals surface area contributed by atoms with Crippen molar-refractivity contribution in [2.75, 3.05) is 6.54 Å². The van der Waals surface area contributed by atoms with Crippen LogP contribution in [0.5, 0.6) is 0 Å². The molecule has 0 bridgehead atoms. The van der Waals surface area contributed by atoms with Gasteiger partial charge in [0.2, 0.25) is 0 Å². The molecule has 114 valence electrons. The second-order valence-electron chi connectivity index (χ2n) is 7.50. The van der Waals surface area contributed by atoms with Gasteiger partial charge in [-0.1, -0.05) is 12.8 Å². The number of ether oxygens (including phenoxy) is 1. The Morgan fingerprint density at radius 3 is 2.20 bits per heavy atom. The average Bonchev–Trinajstić information content (AvgIpc) is 2.70. The Bertz CT molecular complexity index is 397. The molecule has 1 spiro atoms. The lowest BCUT2D eigenvalue weighted by Gasteiger charge is -2.52. The summed E-state index contributed by atoms with van der Waals surface area (Å²) in [6, 6.07) is 0. The summed E-state index contributed by atoms with van der Waals surface area (Å²) in [5.74, 6) is -0.800. The van der Waals surface area contributed by atoms with Gasteiger partial charge in [0.1, 0.15) is 5.60 Å². The first-order valence-corrected chi connectivity index (χ1v) is 7.37. The third-order valence-corrected chi connectivity index (χ3v) is 4.51. The Kier molecular flexibility index (Phi) is 3.73. The molecule has 5 heteroatoms. The van der Waals surface area contributed by atoms with Crippen molar-refractivity contribution in [3.05, 3.63) is 0 Å². The molecule has 0 atom stereocenters. The lowest BCUT2D eigenvalue weighted by atomic mass is 9.52. The summed E-state index contributed by atoms with van der Waals surface area (Å²) in [4.78, 5) is 23.2. The number of hydrogen-bond donors (Lipinski definition) is 2. The minimum absolute atomic E-state index is 0.166. The Morgan fingerprint density at radius 2 is 1.75 bits per heavy atom. The van der Waals surface area contributed by atoms with Crippen LogP contribution in [0.2, 0.25) is 0 Å².